The smallest absolute Gasteiger partial charge is 0.263 e. The minimum atomic E-state index is -0.434. The zero-order valence-electron chi connectivity index (χ0n) is 18.6. The predicted octanol–water partition coefficient (Wildman–Crippen LogP) is 2.34. The summed E-state index contributed by atoms with van der Waals surface area (Å²) in [5.41, 5.74) is 1.98. The number of amides is 1. The summed E-state index contributed by atoms with van der Waals surface area (Å²) in [6.07, 6.45) is 5.38. The number of aliphatic hydroxyl groups is 1. The first-order valence-corrected chi connectivity index (χ1v) is 11.5. The molecule has 172 valence electrons. The van der Waals surface area contributed by atoms with Crippen LogP contribution in [-0.4, -0.2) is 66.8 Å². The quantitative estimate of drug-likeness (QED) is 0.551. The lowest BCUT2D eigenvalue weighted by molar-refractivity contribution is 0.102. The Kier molecular flexibility index (Phi) is 7.12. The minimum absolute atomic E-state index is 0.0850. The van der Waals surface area contributed by atoms with Crippen LogP contribution in [0.4, 0.5) is 17.1 Å². The molecule has 32 heavy (non-hydrogen) atoms. The van der Waals surface area contributed by atoms with Gasteiger partial charge in [0.05, 0.1) is 5.69 Å². The zero-order chi connectivity index (χ0) is 22.5. The second kappa shape index (κ2) is 10.2. The lowest BCUT2D eigenvalue weighted by atomic mass is 9.86. The van der Waals surface area contributed by atoms with Gasteiger partial charge in [-0.3, -0.25) is 9.59 Å². The average Bonchev–Trinajstić information content (AvgIpc) is 2.80. The molecular weight excluding hydrogens is 406 g/mol. The zero-order valence-corrected chi connectivity index (χ0v) is 18.6. The third-order valence-corrected chi connectivity index (χ3v) is 6.58. The highest BCUT2D eigenvalue weighted by molar-refractivity contribution is 6.07. The Morgan fingerprint density at radius 2 is 1.88 bits per heavy atom. The number of pyridine rings is 1. The number of aliphatic hydroxyl groups excluding tert-OH is 1. The van der Waals surface area contributed by atoms with E-state index < -0.39 is 11.5 Å². The van der Waals surface area contributed by atoms with Gasteiger partial charge in [0, 0.05) is 56.4 Å². The molecule has 0 radical (unpaired) electrons. The molecule has 2 unspecified atom stereocenters. The normalized spacial score (nSPS) is 21.9. The van der Waals surface area contributed by atoms with Crippen molar-refractivity contribution in [2.75, 3.05) is 55.4 Å². The SMILES string of the molecule is CN1CCN(c2ccc(NC(=O)c3c(NC4CCCC(CO)C4)cc[nH]c3=O)cc2)CC1. The number of H-pyrrole nitrogens is 1. The molecule has 1 aliphatic carbocycles. The van der Waals surface area contributed by atoms with Crippen LogP contribution in [0.2, 0.25) is 0 Å². The van der Waals surface area contributed by atoms with Crippen molar-refractivity contribution >= 4 is 23.0 Å². The van der Waals surface area contributed by atoms with Crippen molar-refractivity contribution in [1.29, 1.82) is 0 Å². The number of carbonyl (C=O) groups is 1. The predicted molar refractivity (Wildman–Crippen MR) is 128 cm³/mol. The maximum absolute atomic E-state index is 13.0. The van der Waals surface area contributed by atoms with Crippen molar-refractivity contribution in [3.8, 4) is 0 Å². The molecule has 0 bridgehead atoms. The number of nitrogens with one attached hydrogen (secondary N) is 3. The molecule has 4 N–H and O–H groups in total. The molecule has 1 aromatic carbocycles. The van der Waals surface area contributed by atoms with Gasteiger partial charge in [-0.1, -0.05) is 6.42 Å². The first kappa shape index (κ1) is 22.4. The summed E-state index contributed by atoms with van der Waals surface area (Å²) < 4.78 is 0. The van der Waals surface area contributed by atoms with Crippen LogP contribution in [0.25, 0.3) is 0 Å². The number of anilines is 3. The molecule has 8 heteroatoms. The summed E-state index contributed by atoms with van der Waals surface area (Å²) >= 11 is 0. The van der Waals surface area contributed by atoms with Crippen LogP contribution in [0, 0.1) is 5.92 Å². The number of benzene rings is 1. The van der Waals surface area contributed by atoms with Gasteiger partial charge in [0.2, 0.25) is 0 Å². The van der Waals surface area contributed by atoms with Gasteiger partial charge in [0.1, 0.15) is 5.56 Å². The molecule has 2 atom stereocenters. The van der Waals surface area contributed by atoms with Crippen molar-refractivity contribution in [1.82, 2.24) is 9.88 Å². The number of carbonyl (C=O) groups excluding carboxylic acids is 1. The van der Waals surface area contributed by atoms with Gasteiger partial charge < -0.3 is 30.5 Å². The Labute approximate surface area is 188 Å². The van der Waals surface area contributed by atoms with Crippen LogP contribution < -0.4 is 21.1 Å². The Morgan fingerprint density at radius 1 is 1.12 bits per heavy atom. The Hall–Kier alpha value is -2.84. The third kappa shape index (κ3) is 5.31. The first-order chi connectivity index (χ1) is 15.5. The standard InChI is InChI=1S/C24H33N5O3/c1-28-11-13-29(14-12-28)20-7-5-18(6-8-20)27-24(32)22-21(9-10-25-23(22)31)26-19-4-2-3-17(15-19)16-30/h5-10,17,19,30H,2-4,11-16H2,1H3,(H,27,32)(H2,25,26,31). The number of piperazine rings is 1. The minimum Gasteiger partial charge on any atom is -0.396 e. The van der Waals surface area contributed by atoms with Crippen LogP contribution in [0.15, 0.2) is 41.3 Å². The fraction of sp³-hybridized carbons (Fsp3) is 0.500. The summed E-state index contributed by atoms with van der Waals surface area (Å²) in [5, 5.41) is 15.7. The number of aromatic amines is 1. The lowest BCUT2D eigenvalue weighted by Crippen LogP contribution is -2.44. The number of hydrogen-bond donors (Lipinski definition) is 4. The fourth-order valence-corrected chi connectivity index (χ4v) is 4.65. The van der Waals surface area contributed by atoms with E-state index in [2.05, 4.69) is 32.5 Å². The maximum Gasteiger partial charge on any atom is 0.263 e. The number of likely N-dealkylation sites (N-methyl/N-ethyl adjacent to an activating group) is 1. The largest absolute Gasteiger partial charge is 0.396 e. The number of aromatic nitrogens is 1. The van der Waals surface area contributed by atoms with E-state index in [-0.39, 0.29) is 24.1 Å². The van der Waals surface area contributed by atoms with Crippen molar-refractivity contribution in [2.45, 2.75) is 31.7 Å². The Balaban J connectivity index is 1.44. The van der Waals surface area contributed by atoms with Crippen LogP contribution in [0.5, 0.6) is 0 Å². The second-order valence-electron chi connectivity index (χ2n) is 8.94. The van der Waals surface area contributed by atoms with Crippen molar-refractivity contribution in [2.24, 2.45) is 5.92 Å². The highest BCUT2D eigenvalue weighted by atomic mass is 16.3. The van der Waals surface area contributed by atoms with Gasteiger partial charge >= 0.3 is 0 Å². The second-order valence-corrected chi connectivity index (χ2v) is 8.94. The number of rotatable bonds is 6. The van der Waals surface area contributed by atoms with Gasteiger partial charge in [-0.15, -0.1) is 0 Å². The van der Waals surface area contributed by atoms with E-state index in [9.17, 15) is 14.7 Å². The summed E-state index contributed by atoms with van der Waals surface area (Å²) in [6, 6.07) is 9.64. The van der Waals surface area contributed by atoms with Gasteiger partial charge in [-0.05, 0) is 62.6 Å². The van der Waals surface area contributed by atoms with Crippen molar-refractivity contribution in [3.63, 3.8) is 0 Å². The molecule has 8 nitrogen and oxygen atoms in total. The van der Waals surface area contributed by atoms with Crippen molar-refractivity contribution < 1.29 is 9.90 Å². The first-order valence-electron chi connectivity index (χ1n) is 11.5. The van der Waals surface area contributed by atoms with Gasteiger partial charge in [-0.2, -0.15) is 0 Å². The molecule has 0 spiro atoms. The van der Waals surface area contributed by atoms with Crippen LogP contribution >= 0.6 is 0 Å². The fourth-order valence-electron chi connectivity index (χ4n) is 4.65. The molecule has 4 rings (SSSR count). The summed E-state index contributed by atoms with van der Waals surface area (Å²) in [4.78, 5) is 32.8. The topological polar surface area (TPSA) is 101 Å². The summed E-state index contributed by atoms with van der Waals surface area (Å²) in [5.74, 6) is -0.171. The van der Waals surface area contributed by atoms with Crippen LogP contribution in [0.3, 0.4) is 0 Å². The third-order valence-electron chi connectivity index (χ3n) is 6.58. The Bertz CT molecular complexity index is 966. The molecule has 1 saturated heterocycles. The molecule has 1 saturated carbocycles. The van der Waals surface area contributed by atoms with E-state index >= 15 is 0 Å². The molecule has 2 aromatic rings. The molecule has 1 aromatic heterocycles. The molecule has 2 fully saturated rings. The van der Waals surface area contributed by atoms with Gasteiger partial charge in [-0.25, -0.2) is 0 Å². The molecule has 2 heterocycles. The molecule has 1 amide bonds. The van der Waals surface area contributed by atoms with Crippen LogP contribution in [0.1, 0.15) is 36.0 Å². The van der Waals surface area contributed by atoms with E-state index in [0.717, 1.165) is 57.5 Å². The van der Waals surface area contributed by atoms with Gasteiger partial charge in [0.25, 0.3) is 11.5 Å². The monoisotopic (exact) mass is 439 g/mol. The molecule has 1 aliphatic heterocycles. The van der Waals surface area contributed by atoms with E-state index in [1.54, 1.807) is 12.3 Å². The summed E-state index contributed by atoms with van der Waals surface area (Å²) in [6.45, 7) is 4.20. The van der Waals surface area contributed by atoms with E-state index in [4.69, 9.17) is 0 Å². The van der Waals surface area contributed by atoms with E-state index in [0.29, 0.717) is 11.4 Å². The van der Waals surface area contributed by atoms with Crippen LogP contribution in [-0.2, 0) is 0 Å². The highest BCUT2D eigenvalue weighted by Crippen LogP contribution is 2.27. The lowest BCUT2D eigenvalue weighted by Gasteiger charge is -2.34. The average molecular weight is 440 g/mol. The number of nitrogens with zero attached hydrogens (tertiary/aromatic N) is 2. The Morgan fingerprint density at radius 3 is 2.59 bits per heavy atom. The van der Waals surface area contributed by atoms with Crippen molar-refractivity contribution in [3.05, 3.63) is 52.4 Å². The van der Waals surface area contributed by atoms with Gasteiger partial charge in [0.15, 0.2) is 0 Å². The summed E-state index contributed by atoms with van der Waals surface area (Å²) in [7, 11) is 2.13. The van der Waals surface area contributed by atoms with E-state index in [1.165, 1.54) is 0 Å². The molecular formula is C24H33N5O3. The molecule has 2 aliphatic rings. The number of hydrogen-bond acceptors (Lipinski definition) is 6. The van der Waals surface area contributed by atoms with E-state index in [1.807, 2.05) is 24.3 Å². The maximum atomic E-state index is 13.0. The highest BCUT2D eigenvalue weighted by Gasteiger charge is 2.24.